The topological polar surface area (TPSA) is 60.8 Å². The van der Waals surface area contributed by atoms with Gasteiger partial charge in [-0.3, -0.25) is 9.36 Å². The molecule has 0 aliphatic heterocycles. The van der Waals surface area contributed by atoms with Gasteiger partial charge in [0.1, 0.15) is 11.3 Å². The summed E-state index contributed by atoms with van der Waals surface area (Å²) in [7, 11) is 0. The first-order valence-electron chi connectivity index (χ1n) is 10.6. The third-order valence-corrected chi connectivity index (χ3v) is 5.30. The number of rotatable bonds is 9. The second kappa shape index (κ2) is 9.02. The van der Waals surface area contributed by atoms with E-state index < -0.39 is 0 Å². The van der Waals surface area contributed by atoms with Crippen LogP contribution in [0, 0.1) is 0 Å². The molecule has 0 atom stereocenters. The number of benzene rings is 2. The summed E-state index contributed by atoms with van der Waals surface area (Å²) in [5.41, 5.74) is 4.13. The normalized spacial score (nSPS) is 11.4. The smallest absolute Gasteiger partial charge is 0.156 e. The first kappa shape index (κ1) is 19.3. The number of para-hydroxylation sites is 1. The molecule has 0 saturated heterocycles. The molecule has 0 bridgehead atoms. The first-order valence-corrected chi connectivity index (χ1v) is 10.6. The molecule has 2 aromatic carbocycles. The van der Waals surface area contributed by atoms with Gasteiger partial charge in [-0.05, 0) is 36.7 Å². The van der Waals surface area contributed by atoms with Gasteiger partial charge in [-0.15, -0.1) is 0 Å². The molecular weight excluding hydrogens is 386 g/mol. The number of aromatic nitrogens is 4. The zero-order chi connectivity index (χ0) is 20.9. The van der Waals surface area contributed by atoms with E-state index in [1.165, 1.54) is 5.56 Å². The van der Waals surface area contributed by atoms with Crippen LogP contribution in [0.1, 0.15) is 17.5 Å². The fourth-order valence-electron chi connectivity index (χ4n) is 3.77. The summed E-state index contributed by atoms with van der Waals surface area (Å²) in [6.07, 6.45) is 6.94. The number of nitrogens with one attached hydrogen (secondary N) is 1. The van der Waals surface area contributed by atoms with Crippen LogP contribution in [0.5, 0.6) is 0 Å². The lowest BCUT2D eigenvalue weighted by Crippen LogP contribution is -2.16. The van der Waals surface area contributed by atoms with Crippen molar-refractivity contribution in [3.05, 3.63) is 96.4 Å². The SMILES string of the molecule is c1ccc(Cn2cc(CNCCCn3cccn3)c(-c3cc4ccccc4o3)n2)cc1. The van der Waals surface area contributed by atoms with Crippen molar-refractivity contribution in [2.24, 2.45) is 0 Å². The summed E-state index contributed by atoms with van der Waals surface area (Å²) in [6, 6.07) is 22.5. The highest BCUT2D eigenvalue weighted by Gasteiger charge is 2.15. The Balaban J connectivity index is 1.34. The molecule has 0 aliphatic carbocycles. The molecule has 3 aromatic heterocycles. The lowest BCUT2D eigenvalue weighted by atomic mass is 10.2. The van der Waals surface area contributed by atoms with Gasteiger partial charge < -0.3 is 9.73 Å². The predicted molar refractivity (Wildman–Crippen MR) is 122 cm³/mol. The van der Waals surface area contributed by atoms with E-state index in [0.29, 0.717) is 0 Å². The van der Waals surface area contributed by atoms with Gasteiger partial charge in [0, 0.05) is 42.6 Å². The van der Waals surface area contributed by atoms with Crippen molar-refractivity contribution in [1.82, 2.24) is 24.9 Å². The molecule has 5 rings (SSSR count). The third-order valence-electron chi connectivity index (χ3n) is 5.30. The Morgan fingerprint density at radius 3 is 2.65 bits per heavy atom. The maximum Gasteiger partial charge on any atom is 0.156 e. The average molecular weight is 412 g/mol. The molecule has 0 saturated carbocycles. The number of aryl methyl sites for hydroxylation is 1. The van der Waals surface area contributed by atoms with E-state index in [2.05, 4.69) is 53.0 Å². The van der Waals surface area contributed by atoms with Crippen LogP contribution >= 0.6 is 0 Å². The lowest BCUT2D eigenvalue weighted by Gasteiger charge is -2.05. The van der Waals surface area contributed by atoms with E-state index in [-0.39, 0.29) is 0 Å². The maximum atomic E-state index is 6.12. The van der Waals surface area contributed by atoms with Crippen molar-refractivity contribution in [1.29, 1.82) is 0 Å². The Morgan fingerprint density at radius 1 is 0.935 bits per heavy atom. The third kappa shape index (κ3) is 4.59. The second-order valence-electron chi connectivity index (χ2n) is 7.63. The molecule has 0 fully saturated rings. The fraction of sp³-hybridized carbons (Fsp3) is 0.200. The zero-order valence-electron chi connectivity index (χ0n) is 17.3. The Morgan fingerprint density at radius 2 is 1.81 bits per heavy atom. The van der Waals surface area contributed by atoms with Crippen molar-refractivity contribution in [3.63, 3.8) is 0 Å². The van der Waals surface area contributed by atoms with Crippen LogP contribution in [0.2, 0.25) is 0 Å². The van der Waals surface area contributed by atoms with Crippen LogP contribution in [0.25, 0.3) is 22.4 Å². The van der Waals surface area contributed by atoms with E-state index in [1.54, 1.807) is 0 Å². The first-order chi connectivity index (χ1) is 15.3. The van der Waals surface area contributed by atoms with Gasteiger partial charge >= 0.3 is 0 Å². The van der Waals surface area contributed by atoms with Crippen LogP contribution < -0.4 is 5.32 Å². The highest BCUT2D eigenvalue weighted by atomic mass is 16.3. The summed E-state index contributed by atoms with van der Waals surface area (Å²) in [4.78, 5) is 0. The molecule has 0 aliphatic rings. The van der Waals surface area contributed by atoms with Crippen molar-refractivity contribution < 1.29 is 4.42 Å². The molecule has 6 heteroatoms. The number of furan rings is 1. The van der Waals surface area contributed by atoms with Gasteiger partial charge in [-0.2, -0.15) is 10.2 Å². The van der Waals surface area contributed by atoms with Crippen molar-refractivity contribution in [3.8, 4) is 11.5 Å². The minimum Gasteiger partial charge on any atom is -0.454 e. The van der Waals surface area contributed by atoms with E-state index in [0.717, 1.165) is 60.6 Å². The standard InChI is InChI=1S/C25H25N5O/c1-2-8-20(9-3-1)18-30-19-22(17-26-12-6-14-29-15-7-13-27-29)25(28-30)24-16-21-10-4-5-11-23(21)31-24/h1-5,7-11,13,15-16,19,26H,6,12,14,17-18H2. The maximum absolute atomic E-state index is 6.12. The molecule has 156 valence electrons. The Kier molecular flexibility index (Phi) is 5.62. The summed E-state index contributed by atoms with van der Waals surface area (Å²) >= 11 is 0. The van der Waals surface area contributed by atoms with Crippen molar-refractivity contribution in [2.75, 3.05) is 6.54 Å². The Bertz CT molecular complexity index is 1200. The quantitative estimate of drug-likeness (QED) is 0.357. The number of nitrogens with zero attached hydrogens (tertiary/aromatic N) is 4. The van der Waals surface area contributed by atoms with Crippen molar-refractivity contribution in [2.45, 2.75) is 26.1 Å². The molecule has 31 heavy (non-hydrogen) atoms. The number of hydrogen-bond acceptors (Lipinski definition) is 4. The molecule has 0 radical (unpaired) electrons. The number of hydrogen-bond donors (Lipinski definition) is 1. The Hall–Kier alpha value is -3.64. The van der Waals surface area contributed by atoms with Gasteiger partial charge in [-0.25, -0.2) is 0 Å². The van der Waals surface area contributed by atoms with Gasteiger partial charge in [0.2, 0.25) is 0 Å². The van der Waals surface area contributed by atoms with Gasteiger partial charge in [0.25, 0.3) is 0 Å². The summed E-state index contributed by atoms with van der Waals surface area (Å²) in [6.45, 7) is 3.28. The van der Waals surface area contributed by atoms with Crippen LogP contribution in [-0.4, -0.2) is 26.1 Å². The van der Waals surface area contributed by atoms with Gasteiger partial charge in [-0.1, -0.05) is 48.5 Å². The Labute approximate surface area is 181 Å². The molecule has 1 N–H and O–H groups in total. The average Bonchev–Trinajstić information content (AvgIpc) is 3.54. The monoisotopic (exact) mass is 411 g/mol. The van der Waals surface area contributed by atoms with Gasteiger partial charge in [0.05, 0.1) is 6.54 Å². The molecule has 0 spiro atoms. The largest absolute Gasteiger partial charge is 0.454 e. The highest BCUT2D eigenvalue weighted by Crippen LogP contribution is 2.29. The highest BCUT2D eigenvalue weighted by molar-refractivity contribution is 5.82. The lowest BCUT2D eigenvalue weighted by molar-refractivity contribution is 0.543. The summed E-state index contributed by atoms with van der Waals surface area (Å²) < 4.78 is 10.1. The summed E-state index contributed by atoms with van der Waals surface area (Å²) in [5.74, 6) is 0.807. The molecule has 0 unspecified atom stereocenters. The molecule has 6 nitrogen and oxygen atoms in total. The van der Waals surface area contributed by atoms with E-state index in [1.807, 2.05) is 52.1 Å². The molecule has 0 amide bonds. The van der Waals surface area contributed by atoms with E-state index in [4.69, 9.17) is 9.52 Å². The molecular formula is C25H25N5O. The summed E-state index contributed by atoms with van der Waals surface area (Å²) in [5, 5.41) is 13.8. The molecule has 5 aromatic rings. The van der Waals surface area contributed by atoms with Crippen LogP contribution in [0.4, 0.5) is 0 Å². The van der Waals surface area contributed by atoms with Gasteiger partial charge in [0.15, 0.2) is 5.76 Å². The van der Waals surface area contributed by atoms with Crippen molar-refractivity contribution >= 4 is 11.0 Å². The molecule has 3 heterocycles. The predicted octanol–water partition coefficient (Wildman–Crippen LogP) is 4.72. The zero-order valence-corrected chi connectivity index (χ0v) is 17.3. The fourth-order valence-corrected chi connectivity index (χ4v) is 3.77. The van der Waals surface area contributed by atoms with Crippen LogP contribution in [-0.2, 0) is 19.6 Å². The second-order valence-corrected chi connectivity index (χ2v) is 7.63. The van der Waals surface area contributed by atoms with Crippen LogP contribution in [0.3, 0.4) is 0 Å². The van der Waals surface area contributed by atoms with Crippen LogP contribution in [0.15, 0.2) is 89.7 Å². The minimum atomic E-state index is 0.730. The minimum absolute atomic E-state index is 0.730. The van der Waals surface area contributed by atoms with E-state index >= 15 is 0 Å². The number of fused-ring (bicyclic) bond motifs is 1. The van der Waals surface area contributed by atoms with E-state index in [9.17, 15) is 0 Å².